The Morgan fingerprint density at radius 1 is 1.25 bits per heavy atom. The highest BCUT2D eigenvalue weighted by molar-refractivity contribution is 5.97. The smallest absolute Gasteiger partial charge is 0.340 e. The van der Waals surface area contributed by atoms with Gasteiger partial charge in [-0.25, -0.2) is 4.79 Å². The lowest BCUT2D eigenvalue weighted by molar-refractivity contribution is -0.115. The van der Waals surface area contributed by atoms with Gasteiger partial charge in [-0.1, -0.05) is 12.1 Å². The molecule has 0 bridgehead atoms. The predicted octanol–water partition coefficient (Wildman–Crippen LogP) is 3.90. The molecule has 1 aliphatic rings. The molecule has 1 atom stereocenters. The third kappa shape index (κ3) is 3.56. The zero-order valence-corrected chi connectivity index (χ0v) is 13.5. The second-order valence-corrected chi connectivity index (χ2v) is 5.65. The van der Waals surface area contributed by atoms with E-state index in [2.05, 4.69) is 5.32 Å². The van der Waals surface area contributed by atoms with Gasteiger partial charge in [0.05, 0.1) is 24.1 Å². The monoisotopic (exact) mass is 325 g/mol. The highest BCUT2D eigenvalue weighted by Gasteiger charge is 2.25. The number of furan rings is 1. The Labute approximate surface area is 140 Å². The maximum atomic E-state index is 12.1. The topological polar surface area (TPSA) is 68.5 Å². The molecule has 24 heavy (non-hydrogen) atoms. The van der Waals surface area contributed by atoms with E-state index in [1.54, 1.807) is 37.5 Å². The second kappa shape index (κ2) is 7.17. The van der Waals surface area contributed by atoms with Crippen LogP contribution in [0.5, 0.6) is 0 Å². The van der Waals surface area contributed by atoms with Gasteiger partial charge in [0.2, 0.25) is 0 Å². The van der Waals surface area contributed by atoms with Crippen molar-refractivity contribution in [1.29, 1.82) is 0 Å². The number of esters is 1. The minimum atomic E-state index is -0.383. The van der Waals surface area contributed by atoms with Gasteiger partial charge in [-0.3, -0.25) is 4.79 Å². The van der Waals surface area contributed by atoms with Crippen molar-refractivity contribution in [2.24, 2.45) is 0 Å². The number of ketones is 1. The number of ether oxygens (including phenoxy) is 1. The molecule has 1 N–H and O–H groups in total. The summed E-state index contributed by atoms with van der Waals surface area (Å²) in [5, 5.41) is 3.21. The van der Waals surface area contributed by atoms with Crippen molar-refractivity contribution in [3.05, 3.63) is 65.8 Å². The van der Waals surface area contributed by atoms with Crippen molar-refractivity contribution >= 4 is 17.4 Å². The molecule has 5 heteroatoms. The van der Waals surface area contributed by atoms with Gasteiger partial charge in [0.25, 0.3) is 0 Å². The zero-order valence-electron chi connectivity index (χ0n) is 13.5. The maximum Gasteiger partial charge on any atom is 0.340 e. The van der Waals surface area contributed by atoms with Crippen LogP contribution < -0.4 is 5.32 Å². The Hall–Kier alpha value is -2.82. The van der Waals surface area contributed by atoms with Gasteiger partial charge in [-0.2, -0.15) is 0 Å². The number of hydrogen-bond donors (Lipinski definition) is 1. The van der Waals surface area contributed by atoms with E-state index in [1.165, 1.54) is 0 Å². The Morgan fingerprint density at radius 3 is 2.83 bits per heavy atom. The van der Waals surface area contributed by atoms with Crippen molar-refractivity contribution in [1.82, 2.24) is 0 Å². The Bertz CT molecular complexity index is 761. The molecule has 0 saturated carbocycles. The SMILES string of the molecule is CCOC(=O)c1ccccc1NC1=CC(=O)C[C@@H](c2ccco2)C1. The van der Waals surface area contributed by atoms with Crippen LogP contribution in [0.3, 0.4) is 0 Å². The molecule has 1 aromatic heterocycles. The van der Waals surface area contributed by atoms with Crippen LogP contribution in [-0.4, -0.2) is 18.4 Å². The second-order valence-electron chi connectivity index (χ2n) is 5.65. The number of hydrogen-bond acceptors (Lipinski definition) is 5. The Kier molecular flexibility index (Phi) is 4.79. The molecular weight excluding hydrogens is 306 g/mol. The molecule has 0 fully saturated rings. The fraction of sp³-hybridized carbons (Fsp3) is 0.263. The highest BCUT2D eigenvalue weighted by atomic mass is 16.5. The Morgan fingerprint density at radius 2 is 2.08 bits per heavy atom. The van der Waals surface area contributed by atoms with Gasteiger partial charge < -0.3 is 14.5 Å². The van der Waals surface area contributed by atoms with Gasteiger partial charge in [0, 0.05) is 24.1 Å². The summed E-state index contributed by atoms with van der Waals surface area (Å²) in [4.78, 5) is 24.1. The average Bonchev–Trinajstić information content (AvgIpc) is 3.09. The Balaban J connectivity index is 1.81. The van der Waals surface area contributed by atoms with Crippen LogP contribution >= 0.6 is 0 Å². The minimum Gasteiger partial charge on any atom is -0.469 e. The molecule has 0 spiro atoms. The first-order valence-electron chi connectivity index (χ1n) is 7.97. The summed E-state index contributed by atoms with van der Waals surface area (Å²) in [6.07, 6.45) is 4.29. The van der Waals surface area contributed by atoms with Gasteiger partial charge in [-0.05, 0) is 37.6 Å². The first-order chi connectivity index (χ1) is 11.7. The fourth-order valence-electron chi connectivity index (χ4n) is 2.86. The van der Waals surface area contributed by atoms with Crippen LogP contribution in [0.15, 0.2) is 58.9 Å². The molecule has 124 valence electrons. The van der Waals surface area contributed by atoms with Crippen molar-refractivity contribution in [3.8, 4) is 0 Å². The molecular formula is C19H19NO4. The van der Waals surface area contributed by atoms with Crippen molar-refractivity contribution in [2.45, 2.75) is 25.7 Å². The molecule has 3 rings (SSSR count). The first kappa shape index (κ1) is 16.1. The average molecular weight is 325 g/mol. The van der Waals surface area contributed by atoms with Gasteiger partial charge in [0.15, 0.2) is 5.78 Å². The number of anilines is 1. The molecule has 1 heterocycles. The number of rotatable bonds is 5. The summed E-state index contributed by atoms with van der Waals surface area (Å²) in [6.45, 7) is 2.08. The molecule has 2 aromatic rings. The lowest BCUT2D eigenvalue weighted by Crippen LogP contribution is -2.17. The lowest BCUT2D eigenvalue weighted by Gasteiger charge is -2.22. The van der Waals surface area contributed by atoms with E-state index in [1.807, 2.05) is 18.2 Å². The summed E-state index contributed by atoms with van der Waals surface area (Å²) in [6, 6.07) is 10.8. The fourth-order valence-corrected chi connectivity index (χ4v) is 2.86. The van der Waals surface area contributed by atoms with E-state index in [0.29, 0.717) is 30.7 Å². The number of nitrogens with one attached hydrogen (secondary N) is 1. The van der Waals surface area contributed by atoms with Crippen molar-refractivity contribution < 1.29 is 18.7 Å². The molecule has 5 nitrogen and oxygen atoms in total. The third-order valence-electron chi connectivity index (χ3n) is 3.91. The summed E-state index contributed by atoms with van der Waals surface area (Å²) >= 11 is 0. The van der Waals surface area contributed by atoms with E-state index in [-0.39, 0.29) is 17.7 Å². The van der Waals surface area contributed by atoms with Gasteiger partial charge in [-0.15, -0.1) is 0 Å². The van der Waals surface area contributed by atoms with Gasteiger partial charge >= 0.3 is 5.97 Å². The number of benzene rings is 1. The van der Waals surface area contributed by atoms with Crippen molar-refractivity contribution in [2.75, 3.05) is 11.9 Å². The van der Waals surface area contributed by atoms with Crippen LogP contribution in [0.2, 0.25) is 0 Å². The third-order valence-corrected chi connectivity index (χ3v) is 3.91. The first-order valence-corrected chi connectivity index (χ1v) is 7.97. The van der Waals surface area contributed by atoms with Crippen LogP contribution in [0.1, 0.15) is 41.8 Å². The quantitative estimate of drug-likeness (QED) is 0.844. The molecule has 1 aromatic carbocycles. The van der Waals surface area contributed by atoms with Crippen molar-refractivity contribution in [3.63, 3.8) is 0 Å². The van der Waals surface area contributed by atoms with E-state index >= 15 is 0 Å². The zero-order chi connectivity index (χ0) is 16.9. The summed E-state index contributed by atoms with van der Waals surface area (Å²) in [7, 11) is 0. The maximum absolute atomic E-state index is 12.1. The minimum absolute atomic E-state index is 0.00903. The van der Waals surface area contributed by atoms with E-state index < -0.39 is 0 Å². The van der Waals surface area contributed by atoms with Crippen LogP contribution in [0.4, 0.5) is 5.69 Å². The summed E-state index contributed by atoms with van der Waals surface area (Å²) in [5.41, 5.74) is 1.85. The highest BCUT2D eigenvalue weighted by Crippen LogP contribution is 2.32. The summed E-state index contributed by atoms with van der Waals surface area (Å²) < 4.78 is 10.5. The number of para-hydroxylation sites is 1. The normalized spacial score (nSPS) is 17.3. The van der Waals surface area contributed by atoms with E-state index in [0.717, 1.165) is 11.5 Å². The predicted molar refractivity (Wildman–Crippen MR) is 89.8 cm³/mol. The van der Waals surface area contributed by atoms with Crippen LogP contribution in [0, 0.1) is 0 Å². The lowest BCUT2D eigenvalue weighted by atomic mass is 9.89. The largest absolute Gasteiger partial charge is 0.469 e. The van der Waals surface area contributed by atoms with E-state index in [9.17, 15) is 9.59 Å². The molecule has 1 aliphatic carbocycles. The van der Waals surface area contributed by atoms with Gasteiger partial charge in [0.1, 0.15) is 5.76 Å². The number of carbonyl (C=O) groups is 2. The van der Waals surface area contributed by atoms with Crippen LogP contribution in [0.25, 0.3) is 0 Å². The molecule has 0 aliphatic heterocycles. The molecule has 0 amide bonds. The summed E-state index contributed by atoms with van der Waals surface area (Å²) in [5.74, 6) is 0.467. The number of allylic oxidation sites excluding steroid dienone is 2. The van der Waals surface area contributed by atoms with Crippen LogP contribution in [-0.2, 0) is 9.53 Å². The molecule has 0 unspecified atom stereocenters. The molecule has 0 radical (unpaired) electrons. The number of carbonyl (C=O) groups excluding carboxylic acids is 2. The standard InChI is InChI=1S/C19H19NO4/c1-2-23-19(22)16-6-3-4-7-17(16)20-14-10-13(11-15(21)12-14)18-8-5-9-24-18/h3-9,12-13,20H,2,10-11H2,1H3/t13-/m0/s1. The molecule has 0 saturated heterocycles. The van der Waals surface area contributed by atoms with E-state index in [4.69, 9.17) is 9.15 Å².